The Morgan fingerprint density at radius 1 is 1.03 bits per heavy atom. The van der Waals surface area contributed by atoms with Crippen LogP contribution in [-0.4, -0.2) is 40.7 Å². The first-order valence-corrected chi connectivity index (χ1v) is 11.0. The molecule has 2 aromatic carbocycles. The van der Waals surface area contributed by atoms with Crippen LogP contribution in [0.15, 0.2) is 66.9 Å². The molecular weight excluding hydrogens is 434 g/mol. The number of fused-ring (bicyclic) bond motifs is 3. The van der Waals surface area contributed by atoms with Gasteiger partial charge in [-0.25, -0.2) is 9.59 Å². The van der Waals surface area contributed by atoms with Crippen molar-refractivity contribution in [2.24, 2.45) is 0 Å². The number of pyridine rings is 1. The minimum Gasteiger partial charge on any atom is -0.478 e. The van der Waals surface area contributed by atoms with E-state index < -0.39 is 18.1 Å². The van der Waals surface area contributed by atoms with Crippen molar-refractivity contribution >= 4 is 18.0 Å². The van der Waals surface area contributed by atoms with Crippen molar-refractivity contribution in [1.82, 2.24) is 15.6 Å². The quantitative estimate of drug-likeness (QED) is 0.473. The van der Waals surface area contributed by atoms with Gasteiger partial charge in [0.25, 0.3) is 0 Å². The molecule has 1 atom stereocenters. The van der Waals surface area contributed by atoms with Gasteiger partial charge in [0.1, 0.15) is 6.61 Å². The molecule has 0 radical (unpaired) electrons. The average molecular weight is 460 g/mol. The molecule has 0 saturated carbocycles. The predicted molar refractivity (Wildman–Crippen MR) is 125 cm³/mol. The van der Waals surface area contributed by atoms with Crippen LogP contribution in [0.25, 0.3) is 11.1 Å². The fourth-order valence-electron chi connectivity index (χ4n) is 4.14. The molecule has 0 saturated heterocycles. The van der Waals surface area contributed by atoms with E-state index in [1.165, 1.54) is 18.3 Å². The first kappa shape index (κ1) is 23.0. The van der Waals surface area contributed by atoms with Crippen molar-refractivity contribution < 1.29 is 24.2 Å². The maximum atomic E-state index is 12.4. The van der Waals surface area contributed by atoms with Crippen molar-refractivity contribution in [1.29, 1.82) is 0 Å². The van der Waals surface area contributed by atoms with Crippen molar-refractivity contribution in [3.63, 3.8) is 0 Å². The second-order valence-corrected chi connectivity index (χ2v) is 8.19. The van der Waals surface area contributed by atoms with Gasteiger partial charge >= 0.3 is 12.1 Å². The van der Waals surface area contributed by atoms with Crippen LogP contribution in [-0.2, 0) is 16.1 Å². The lowest BCUT2D eigenvalue weighted by Crippen LogP contribution is -2.38. The summed E-state index contributed by atoms with van der Waals surface area (Å²) in [6.45, 7) is 2.01. The van der Waals surface area contributed by atoms with E-state index in [4.69, 9.17) is 9.84 Å². The molecule has 8 nitrogen and oxygen atoms in total. The third-order valence-corrected chi connectivity index (χ3v) is 5.73. The van der Waals surface area contributed by atoms with E-state index in [2.05, 4.69) is 39.9 Å². The minimum atomic E-state index is -1.06. The molecule has 4 rings (SSSR count). The average Bonchev–Trinajstić information content (AvgIpc) is 3.15. The number of hydrogen-bond donors (Lipinski definition) is 3. The second-order valence-electron chi connectivity index (χ2n) is 8.19. The number of carboxylic acids is 1. The molecule has 3 aromatic rings. The highest BCUT2D eigenvalue weighted by Crippen LogP contribution is 2.44. The highest BCUT2D eigenvalue weighted by atomic mass is 16.5. The maximum absolute atomic E-state index is 12.4. The number of hydrogen-bond acceptors (Lipinski definition) is 5. The molecule has 0 bridgehead atoms. The van der Waals surface area contributed by atoms with E-state index in [0.717, 1.165) is 22.3 Å². The molecule has 0 spiro atoms. The summed E-state index contributed by atoms with van der Waals surface area (Å²) in [4.78, 5) is 39.7. The van der Waals surface area contributed by atoms with E-state index in [1.807, 2.05) is 24.3 Å². The van der Waals surface area contributed by atoms with Gasteiger partial charge in [-0.2, -0.15) is 0 Å². The summed E-state index contributed by atoms with van der Waals surface area (Å²) < 4.78 is 5.51. The topological polar surface area (TPSA) is 118 Å². The van der Waals surface area contributed by atoms with Gasteiger partial charge in [0.2, 0.25) is 5.91 Å². The Kier molecular flexibility index (Phi) is 6.87. The number of amides is 2. The maximum Gasteiger partial charge on any atom is 0.407 e. The lowest BCUT2D eigenvalue weighted by Gasteiger charge is -2.17. The Labute approximate surface area is 197 Å². The molecular formula is C26H25N3O5. The number of aromatic nitrogens is 1. The Morgan fingerprint density at radius 2 is 1.68 bits per heavy atom. The zero-order valence-corrected chi connectivity index (χ0v) is 18.7. The lowest BCUT2D eigenvalue weighted by atomic mass is 9.98. The molecule has 0 aliphatic heterocycles. The number of carbonyl (C=O) groups is 3. The summed E-state index contributed by atoms with van der Waals surface area (Å²) >= 11 is 0. The third kappa shape index (κ3) is 5.23. The van der Waals surface area contributed by atoms with Crippen LogP contribution >= 0.6 is 0 Å². The van der Waals surface area contributed by atoms with E-state index in [9.17, 15) is 14.4 Å². The number of carboxylic acid groups (broad SMARTS) is 1. The van der Waals surface area contributed by atoms with Gasteiger partial charge in [-0.1, -0.05) is 48.5 Å². The first-order chi connectivity index (χ1) is 16.4. The number of rotatable bonds is 8. The molecule has 3 N–H and O–H groups in total. The second kappa shape index (κ2) is 10.2. The lowest BCUT2D eigenvalue weighted by molar-refractivity contribution is -0.121. The highest BCUT2D eigenvalue weighted by molar-refractivity contribution is 5.87. The normalized spacial score (nSPS) is 12.9. The Balaban J connectivity index is 1.26. The zero-order valence-electron chi connectivity index (χ0n) is 18.7. The van der Waals surface area contributed by atoms with Crippen LogP contribution in [0.5, 0.6) is 0 Å². The number of alkyl carbamates (subject to hydrolysis) is 1. The Morgan fingerprint density at radius 3 is 2.32 bits per heavy atom. The van der Waals surface area contributed by atoms with E-state index in [1.54, 1.807) is 6.92 Å². The molecule has 174 valence electrons. The number of carbonyl (C=O) groups excluding carboxylic acids is 2. The van der Waals surface area contributed by atoms with Gasteiger partial charge < -0.3 is 20.5 Å². The first-order valence-electron chi connectivity index (χ1n) is 11.0. The molecule has 0 fully saturated rings. The minimum absolute atomic E-state index is 0.0363. The van der Waals surface area contributed by atoms with Gasteiger partial charge in [0, 0.05) is 24.6 Å². The monoisotopic (exact) mass is 459 g/mol. The van der Waals surface area contributed by atoms with Crippen molar-refractivity contribution in [2.75, 3.05) is 6.61 Å². The van der Waals surface area contributed by atoms with Crippen LogP contribution in [0.4, 0.5) is 4.79 Å². The van der Waals surface area contributed by atoms with Gasteiger partial charge in [-0.15, -0.1) is 0 Å². The number of nitrogens with zero attached hydrogens (tertiary/aromatic N) is 1. The highest BCUT2D eigenvalue weighted by Gasteiger charge is 2.29. The fourth-order valence-corrected chi connectivity index (χ4v) is 4.14. The summed E-state index contributed by atoms with van der Waals surface area (Å²) in [6, 6.07) is 18.5. The van der Waals surface area contributed by atoms with Crippen molar-refractivity contribution in [3.8, 4) is 11.1 Å². The summed E-state index contributed by atoms with van der Waals surface area (Å²) in [5.74, 6) is -1.39. The van der Waals surface area contributed by atoms with Gasteiger partial charge in [0.15, 0.2) is 0 Å². The summed E-state index contributed by atoms with van der Waals surface area (Å²) in [6.07, 6.45) is 0.840. The van der Waals surface area contributed by atoms with Gasteiger partial charge in [-0.05, 0) is 41.3 Å². The Bertz CT molecular complexity index is 1180. The van der Waals surface area contributed by atoms with Gasteiger partial charge in [-0.3, -0.25) is 9.78 Å². The third-order valence-electron chi connectivity index (χ3n) is 5.73. The van der Waals surface area contributed by atoms with Crippen LogP contribution < -0.4 is 10.6 Å². The van der Waals surface area contributed by atoms with Crippen LogP contribution in [0, 0.1) is 0 Å². The molecule has 2 amide bonds. The molecule has 8 heteroatoms. The molecule has 34 heavy (non-hydrogen) atoms. The van der Waals surface area contributed by atoms with Gasteiger partial charge in [0.05, 0.1) is 17.8 Å². The molecule has 1 heterocycles. The number of nitrogens with one attached hydrogen (secondary N) is 2. The molecule has 1 aromatic heterocycles. The number of benzene rings is 2. The zero-order chi connectivity index (χ0) is 24.1. The standard InChI is InChI=1S/C26H25N3O5/c1-16(12-24(30)28-14-18-13-17(25(31)32)10-11-27-18)29-26(33)34-15-23-21-8-4-2-6-19(21)20-7-3-5-9-22(20)23/h2-11,13,16,23H,12,14-15H2,1H3,(H,28,30)(H,29,33)(H,31,32)/t16-/m1/s1. The SMILES string of the molecule is C[C@H](CC(=O)NCc1cc(C(=O)O)ccn1)NC(=O)OCC1c2ccccc2-c2ccccc21. The number of ether oxygens (including phenoxy) is 1. The smallest absolute Gasteiger partial charge is 0.407 e. The molecule has 1 aliphatic carbocycles. The van der Waals surface area contributed by atoms with Crippen LogP contribution in [0.2, 0.25) is 0 Å². The molecule has 0 unspecified atom stereocenters. The molecule has 1 aliphatic rings. The van der Waals surface area contributed by atoms with Crippen molar-refractivity contribution in [3.05, 3.63) is 89.2 Å². The summed E-state index contributed by atoms with van der Waals surface area (Å²) in [7, 11) is 0. The van der Waals surface area contributed by atoms with E-state index in [-0.39, 0.29) is 37.0 Å². The van der Waals surface area contributed by atoms with Crippen LogP contribution in [0.1, 0.15) is 46.4 Å². The van der Waals surface area contributed by atoms with E-state index >= 15 is 0 Å². The fraction of sp³-hybridized carbons (Fsp3) is 0.231. The Hall–Kier alpha value is -4.20. The predicted octanol–water partition coefficient (Wildman–Crippen LogP) is 3.71. The summed E-state index contributed by atoms with van der Waals surface area (Å²) in [5, 5.41) is 14.4. The largest absolute Gasteiger partial charge is 0.478 e. The van der Waals surface area contributed by atoms with Crippen molar-refractivity contribution in [2.45, 2.75) is 31.8 Å². The van der Waals surface area contributed by atoms with Crippen LogP contribution in [0.3, 0.4) is 0 Å². The summed E-state index contributed by atoms with van der Waals surface area (Å²) in [5.41, 5.74) is 5.10. The van der Waals surface area contributed by atoms with E-state index in [0.29, 0.717) is 5.69 Å². The number of aromatic carboxylic acids is 1.